The summed E-state index contributed by atoms with van der Waals surface area (Å²) in [5.41, 5.74) is 10.4. The molecule has 0 aliphatic rings. The van der Waals surface area contributed by atoms with E-state index in [1.54, 1.807) is 0 Å². The zero-order valence-corrected chi connectivity index (χ0v) is 10.4. The number of benzene rings is 1. The molecule has 0 unspecified atom stereocenters. The van der Waals surface area contributed by atoms with Gasteiger partial charge in [0.15, 0.2) is 0 Å². The molecule has 0 amide bonds. The molecular weight excluding hydrogens is 198 g/mol. The zero-order chi connectivity index (χ0) is 11.9. The molecule has 0 bridgehead atoms. The number of hydrogen-bond donors (Lipinski definition) is 1. The Labute approximate surface area is 96.4 Å². The Morgan fingerprint density at radius 2 is 1.94 bits per heavy atom. The van der Waals surface area contributed by atoms with Gasteiger partial charge in [0.2, 0.25) is 0 Å². The van der Waals surface area contributed by atoms with Gasteiger partial charge in [-0.05, 0) is 36.5 Å². The first kappa shape index (κ1) is 11.2. The van der Waals surface area contributed by atoms with E-state index >= 15 is 0 Å². The SMILES string of the molecule is Cc1ccc(C(C)C)c2oc(CN)c(C)c12. The molecule has 2 heteroatoms. The molecule has 2 aromatic rings. The van der Waals surface area contributed by atoms with E-state index in [-0.39, 0.29) is 0 Å². The Morgan fingerprint density at radius 1 is 1.25 bits per heavy atom. The third-order valence-corrected chi connectivity index (χ3v) is 3.22. The minimum Gasteiger partial charge on any atom is -0.459 e. The van der Waals surface area contributed by atoms with E-state index < -0.39 is 0 Å². The third kappa shape index (κ3) is 1.54. The minimum absolute atomic E-state index is 0.470. The van der Waals surface area contributed by atoms with Gasteiger partial charge in [-0.2, -0.15) is 0 Å². The molecule has 0 fully saturated rings. The standard InChI is InChI=1S/C14H19NO/c1-8(2)11-6-5-9(3)13-10(4)12(7-15)16-14(11)13/h5-6,8H,7,15H2,1-4H3. The topological polar surface area (TPSA) is 39.2 Å². The van der Waals surface area contributed by atoms with Crippen LogP contribution in [0.5, 0.6) is 0 Å². The predicted molar refractivity (Wildman–Crippen MR) is 67.7 cm³/mol. The first-order valence-corrected chi connectivity index (χ1v) is 5.77. The van der Waals surface area contributed by atoms with E-state index in [4.69, 9.17) is 10.2 Å². The van der Waals surface area contributed by atoms with Gasteiger partial charge in [0.25, 0.3) is 0 Å². The van der Waals surface area contributed by atoms with Gasteiger partial charge in [0.1, 0.15) is 11.3 Å². The lowest BCUT2D eigenvalue weighted by Crippen LogP contribution is -1.95. The number of rotatable bonds is 2. The first-order chi connectivity index (χ1) is 7.56. The molecule has 0 aliphatic carbocycles. The molecule has 2 N–H and O–H groups in total. The molecule has 0 aliphatic heterocycles. The fraction of sp³-hybridized carbons (Fsp3) is 0.429. The van der Waals surface area contributed by atoms with Crippen LogP contribution in [0.2, 0.25) is 0 Å². The molecule has 0 atom stereocenters. The second-order valence-electron chi connectivity index (χ2n) is 4.68. The van der Waals surface area contributed by atoms with Crippen LogP contribution in [-0.4, -0.2) is 0 Å². The minimum atomic E-state index is 0.470. The average molecular weight is 217 g/mol. The Bertz CT molecular complexity index is 523. The summed E-state index contributed by atoms with van der Waals surface area (Å²) in [6.45, 7) is 9.05. The van der Waals surface area contributed by atoms with Crippen LogP contribution >= 0.6 is 0 Å². The van der Waals surface area contributed by atoms with Crippen molar-refractivity contribution in [1.29, 1.82) is 0 Å². The van der Waals surface area contributed by atoms with Crippen molar-refractivity contribution in [2.24, 2.45) is 5.73 Å². The molecule has 2 rings (SSSR count). The summed E-state index contributed by atoms with van der Waals surface area (Å²) in [5.74, 6) is 1.38. The molecule has 0 spiro atoms. The quantitative estimate of drug-likeness (QED) is 0.834. The summed E-state index contributed by atoms with van der Waals surface area (Å²) < 4.78 is 5.90. The molecule has 86 valence electrons. The smallest absolute Gasteiger partial charge is 0.138 e. The Balaban J connectivity index is 2.84. The van der Waals surface area contributed by atoms with E-state index in [1.807, 2.05) is 0 Å². The van der Waals surface area contributed by atoms with E-state index in [1.165, 1.54) is 22.1 Å². The summed E-state index contributed by atoms with van der Waals surface area (Å²) in [5, 5.41) is 1.24. The molecule has 1 aromatic heterocycles. The van der Waals surface area contributed by atoms with Crippen LogP contribution in [0.4, 0.5) is 0 Å². The summed E-state index contributed by atoms with van der Waals surface area (Å²) in [6, 6.07) is 4.33. The van der Waals surface area contributed by atoms with Gasteiger partial charge >= 0.3 is 0 Å². The lowest BCUT2D eigenvalue weighted by Gasteiger charge is -2.07. The maximum atomic E-state index is 5.90. The van der Waals surface area contributed by atoms with Crippen LogP contribution in [0.25, 0.3) is 11.0 Å². The second kappa shape index (κ2) is 3.95. The number of fused-ring (bicyclic) bond motifs is 1. The van der Waals surface area contributed by atoms with Gasteiger partial charge in [-0.1, -0.05) is 26.0 Å². The van der Waals surface area contributed by atoms with Crippen LogP contribution < -0.4 is 5.73 Å². The Hall–Kier alpha value is -1.28. The largest absolute Gasteiger partial charge is 0.459 e. The normalized spacial score (nSPS) is 11.6. The number of furan rings is 1. The summed E-state index contributed by atoms with van der Waals surface area (Å²) in [7, 11) is 0. The Morgan fingerprint density at radius 3 is 2.50 bits per heavy atom. The number of hydrogen-bond acceptors (Lipinski definition) is 2. The summed E-state index contributed by atoms with van der Waals surface area (Å²) in [4.78, 5) is 0. The average Bonchev–Trinajstić information content (AvgIpc) is 2.56. The van der Waals surface area contributed by atoms with Crippen LogP contribution in [0.3, 0.4) is 0 Å². The van der Waals surface area contributed by atoms with Gasteiger partial charge in [0.05, 0.1) is 6.54 Å². The zero-order valence-electron chi connectivity index (χ0n) is 10.4. The van der Waals surface area contributed by atoms with Crippen LogP contribution in [-0.2, 0) is 6.54 Å². The molecule has 0 saturated heterocycles. The Kier molecular flexibility index (Phi) is 2.76. The van der Waals surface area contributed by atoms with E-state index in [9.17, 15) is 0 Å². The lowest BCUT2D eigenvalue weighted by atomic mass is 9.97. The molecular formula is C14H19NO. The number of aryl methyl sites for hydroxylation is 2. The van der Waals surface area contributed by atoms with E-state index in [2.05, 4.69) is 39.8 Å². The highest BCUT2D eigenvalue weighted by molar-refractivity contribution is 5.88. The highest BCUT2D eigenvalue weighted by Gasteiger charge is 2.15. The highest BCUT2D eigenvalue weighted by atomic mass is 16.3. The van der Waals surface area contributed by atoms with Gasteiger partial charge in [0, 0.05) is 5.39 Å². The van der Waals surface area contributed by atoms with Crippen molar-refractivity contribution < 1.29 is 4.42 Å². The molecule has 0 saturated carbocycles. The van der Waals surface area contributed by atoms with Gasteiger partial charge in [-0.3, -0.25) is 0 Å². The third-order valence-electron chi connectivity index (χ3n) is 3.22. The fourth-order valence-electron chi connectivity index (χ4n) is 2.26. The lowest BCUT2D eigenvalue weighted by molar-refractivity contribution is 0.543. The van der Waals surface area contributed by atoms with Crippen LogP contribution in [0, 0.1) is 13.8 Å². The maximum absolute atomic E-state index is 5.90. The predicted octanol–water partition coefficient (Wildman–Crippen LogP) is 3.63. The fourth-order valence-corrected chi connectivity index (χ4v) is 2.26. The molecule has 0 radical (unpaired) electrons. The highest BCUT2D eigenvalue weighted by Crippen LogP contribution is 2.33. The second-order valence-corrected chi connectivity index (χ2v) is 4.68. The molecule has 1 heterocycles. The molecule has 2 nitrogen and oxygen atoms in total. The van der Waals surface area contributed by atoms with Crippen molar-refractivity contribution in [1.82, 2.24) is 0 Å². The molecule has 1 aromatic carbocycles. The van der Waals surface area contributed by atoms with E-state index in [0.29, 0.717) is 12.5 Å². The van der Waals surface area contributed by atoms with Crippen molar-refractivity contribution in [3.8, 4) is 0 Å². The van der Waals surface area contributed by atoms with Crippen molar-refractivity contribution in [3.63, 3.8) is 0 Å². The van der Waals surface area contributed by atoms with Gasteiger partial charge in [-0.25, -0.2) is 0 Å². The van der Waals surface area contributed by atoms with Crippen molar-refractivity contribution in [3.05, 3.63) is 34.6 Å². The van der Waals surface area contributed by atoms with Crippen molar-refractivity contribution in [2.45, 2.75) is 40.2 Å². The summed E-state index contributed by atoms with van der Waals surface area (Å²) in [6.07, 6.45) is 0. The summed E-state index contributed by atoms with van der Waals surface area (Å²) >= 11 is 0. The van der Waals surface area contributed by atoms with Gasteiger partial charge < -0.3 is 10.2 Å². The van der Waals surface area contributed by atoms with Crippen LogP contribution in [0.15, 0.2) is 16.5 Å². The van der Waals surface area contributed by atoms with Crippen molar-refractivity contribution in [2.75, 3.05) is 0 Å². The first-order valence-electron chi connectivity index (χ1n) is 5.77. The maximum Gasteiger partial charge on any atom is 0.138 e. The van der Waals surface area contributed by atoms with Crippen molar-refractivity contribution >= 4 is 11.0 Å². The van der Waals surface area contributed by atoms with Gasteiger partial charge in [-0.15, -0.1) is 0 Å². The monoisotopic (exact) mass is 217 g/mol. The van der Waals surface area contributed by atoms with E-state index in [0.717, 1.165) is 11.3 Å². The number of nitrogens with two attached hydrogens (primary N) is 1. The molecule has 16 heavy (non-hydrogen) atoms. The van der Waals surface area contributed by atoms with Crippen LogP contribution in [0.1, 0.15) is 42.2 Å².